The van der Waals surface area contributed by atoms with Gasteiger partial charge in [0.15, 0.2) is 0 Å². The van der Waals surface area contributed by atoms with E-state index in [1.165, 1.54) is 0 Å². The van der Waals surface area contributed by atoms with Crippen molar-refractivity contribution in [1.29, 1.82) is 0 Å². The van der Waals surface area contributed by atoms with E-state index in [4.69, 9.17) is 9.57 Å². The van der Waals surface area contributed by atoms with E-state index in [9.17, 15) is 9.59 Å². The van der Waals surface area contributed by atoms with Gasteiger partial charge in [-0.25, -0.2) is 4.79 Å². The molecule has 1 aromatic carbocycles. The summed E-state index contributed by atoms with van der Waals surface area (Å²) in [5, 5.41) is 0. The second kappa shape index (κ2) is 10.3. The van der Waals surface area contributed by atoms with Crippen LogP contribution in [0.15, 0.2) is 30.3 Å². The number of rotatable bonds is 5. The Kier molecular flexibility index (Phi) is 7.95. The Morgan fingerprint density at radius 1 is 1.20 bits per heavy atom. The topological polar surface area (TPSA) is 71.1 Å². The predicted octanol–water partition coefficient (Wildman–Crippen LogP) is 3.26. The first-order valence-corrected chi connectivity index (χ1v) is 11.8. The average molecular weight is 454 g/mol. The molecule has 2 amide bonds. The van der Waals surface area contributed by atoms with Gasteiger partial charge in [0.05, 0.1) is 12.6 Å². The number of ether oxygens (including phenoxy) is 1. The lowest BCUT2D eigenvalue weighted by Gasteiger charge is -2.40. The molecule has 0 saturated carbocycles. The van der Waals surface area contributed by atoms with E-state index in [-0.39, 0.29) is 16.7 Å². The molecule has 3 atom stereocenters. The molecule has 7 nitrogen and oxygen atoms in total. The number of likely N-dealkylation sites (tertiary alicyclic amines) is 1. The van der Waals surface area contributed by atoms with Crippen molar-refractivity contribution < 1.29 is 19.2 Å². The van der Waals surface area contributed by atoms with Crippen LogP contribution >= 0.6 is 24.4 Å². The third-order valence-corrected chi connectivity index (χ3v) is 6.67. The Hall–Kier alpha value is -1.42. The fraction of sp³-hybridized carbons (Fsp3) is 0.619. The number of carbonyl (C=O) groups is 2. The summed E-state index contributed by atoms with van der Waals surface area (Å²) < 4.78 is 5.43. The van der Waals surface area contributed by atoms with Crippen molar-refractivity contribution in [2.45, 2.75) is 62.6 Å². The van der Waals surface area contributed by atoms with E-state index in [1.807, 2.05) is 51.1 Å². The lowest BCUT2D eigenvalue weighted by atomic mass is 9.98. The van der Waals surface area contributed by atoms with Crippen molar-refractivity contribution in [1.82, 2.24) is 15.3 Å². The summed E-state index contributed by atoms with van der Waals surface area (Å²) in [6, 6.07) is 9.25. The molecule has 30 heavy (non-hydrogen) atoms. The molecule has 9 heteroatoms. The van der Waals surface area contributed by atoms with Crippen molar-refractivity contribution in [3.05, 3.63) is 35.9 Å². The third-order valence-electron chi connectivity index (χ3n) is 4.98. The molecular formula is C21H31N3O4S2. The van der Waals surface area contributed by atoms with Gasteiger partial charge in [0.25, 0.3) is 0 Å². The number of benzene rings is 1. The molecule has 0 aromatic heterocycles. The molecule has 1 N–H and O–H groups in total. The van der Waals surface area contributed by atoms with E-state index in [1.54, 1.807) is 21.6 Å². The number of carbonyl (C=O) groups excluding carboxylic acids is 2. The third kappa shape index (κ3) is 6.29. The number of hydrogen-bond donors (Lipinski definition) is 2. The summed E-state index contributed by atoms with van der Waals surface area (Å²) in [7, 11) is 0. The highest BCUT2D eigenvalue weighted by Gasteiger charge is 2.42. The van der Waals surface area contributed by atoms with Crippen LogP contribution in [0.5, 0.6) is 0 Å². The maximum absolute atomic E-state index is 13.2. The summed E-state index contributed by atoms with van der Waals surface area (Å²) in [6.45, 7) is 6.90. The number of nitrogens with one attached hydrogen (secondary N) is 1. The zero-order valence-electron chi connectivity index (χ0n) is 17.7. The minimum absolute atomic E-state index is 0.0606. The molecule has 2 aliphatic rings. The number of piperidine rings is 1. The second-order valence-corrected chi connectivity index (χ2v) is 10.6. The zero-order chi connectivity index (χ0) is 21.7. The van der Waals surface area contributed by atoms with Crippen molar-refractivity contribution in [2.24, 2.45) is 0 Å². The molecule has 3 rings (SSSR count). The minimum Gasteiger partial charge on any atom is -0.444 e. The Labute approximate surface area is 188 Å². The number of amides is 2. The quantitative estimate of drug-likeness (QED) is 0.527. The van der Waals surface area contributed by atoms with Crippen LogP contribution in [0.4, 0.5) is 4.79 Å². The van der Waals surface area contributed by atoms with Crippen LogP contribution in [0.1, 0.15) is 39.2 Å². The van der Waals surface area contributed by atoms with E-state index in [2.05, 4.69) is 18.1 Å². The lowest BCUT2D eigenvalue weighted by Crippen LogP contribution is -2.59. The summed E-state index contributed by atoms with van der Waals surface area (Å²) in [6.07, 6.45) is 0.799. The Morgan fingerprint density at radius 3 is 2.57 bits per heavy atom. The molecule has 0 bridgehead atoms. The predicted molar refractivity (Wildman–Crippen MR) is 121 cm³/mol. The van der Waals surface area contributed by atoms with Crippen molar-refractivity contribution in [3.63, 3.8) is 0 Å². The lowest BCUT2D eigenvalue weighted by molar-refractivity contribution is -0.138. The van der Waals surface area contributed by atoms with Gasteiger partial charge in [0.1, 0.15) is 16.3 Å². The van der Waals surface area contributed by atoms with Gasteiger partial charge in [0, 0.05) is 18.8 Å². The van der Waals surface area contributed by atoms with Crippen LogP contribution in [0.3, 0.4) is 0 Å². The molecular weight excluding hydrogens is 422 g/mol. The van der Waals surface area contributed by atoms with Gasteiger partial charge >= 0.3 is 6.09 Å². The second-order valence-electron chi connectivity index (χ2n) is 8.54. The largest absolute Gasteiger partial charge is 0.444 e. The van der Waals surface area contributed by atoms with Gasteiger partial charge in [-0.1, -0.05) is 30.3 Å². The Balaban J connectivity index is 1.64. The molecule has 166 valence electrons. The fourth-order valence-electron chi connectivity index (χ4n) is 3.53. The number of nitrogens with zero attached hydrogens (tertiary/aromatic N) is 2. The molecule has 2 aliphatic heterocycles. The van der Waals surface area contributed by atoms with Gasteiger partial charge in [0.2, 0.25) is 5.91 Å². The van der Waals surface area contributed by atoms with E-state index in [0.717, 1.165) is 17.7 Å². The van der Waals surface area contributed by atoms with Crippen LogP contribution in [0.25, 0.3) is 0 Å². The number of thioether (sulfide) groups is 1. The molecule has 0 spiro atoms. The van der Waals surface area contributed by atoms with Gasteiger partial charge in [-0.05, 0) is 39.2 Å². The molecule has 1 aromatic rings. The van der Waals surface area contributed by atoms with E-state index >= 15 is 0 Å². The van der Waals surface area contributed by atoms with Crippen molar-refractivity contribution in [3.8, 4) is 0 Å². The Bertz CT molecular complexity index is 729. The summed E-state index contributed by atoms with van der Waals surface area (Å²) in [5.74, 6) is 0.797. The first-order valence-electron chi connectivity index (χ1n) is 10.3. The van der Waals surface area contributed by atoms with Gasteiger partial charge < -0.3 is 9.64 Å². The molecule has 2 saturated heterocycles. The number of thiol groups is 1. The molecule has 2 fully saturated rings. The van der Waals surface area contributed by atoms with Crippen LogP contribution < -0.4 is 5.48 Å². The maximum atomic E-state index is 13.2. The highest BCUT2D eigenvalue weighted by atomic mass is 32.2. The summed E-state index contributed by atoms with van der Waals surface area (Å²) in [5.41, 5.74) is 3.49. The number of hydrogen-bond acceptors (Lipinski definition) is 7. The monoisotopic (exact) mass is 453 g/mol. The zero-order valence-corrected chi connectivity index (χ0v) is 19.5. The van der Waals surface area contributed by atoms with Crippen LogP contribution in [0, 0.1) is 0 Å². The van der Waals surface area contributed by atoms with Crippen LogP contribution in [0.2, 0.25) is 0 Å². The number of hydroxylamine groups is 1. The maximum Gasteiger partial charge on any atom is 0.411 e. The highest BCUT2D eigenvalue weighted by molar-refractivity contribution is 8.10. The molecule has 0 aliphatic carbocycles. The standard InChI is InChI=1S/C21H31N3O4S2/c1-21(2,3)28-19(26)24-13-16(22-27-14-15-7-5-4-6-8-15)9-10-17(24)18(25)23-11-12-30-20(23)29/h4-8,16-17,20,22,29H,9-14H2,1-3H3/t16-,17+,20?/m1/s1. The minimum atomic E-state index is -0.634. The van der Waals surface area contributed by atoms with Gasteiger partial charge in [-0.3, -0.25) is 14.5 Å². The SMILES string of the molecule is CC(C)(C)OC(=O)N1C[C@H](NOCc2ccccc2)CC[C@H]1C(=O)N1CCSC1S. The van der Waals surface area contributed by atoms with Crippen molar-refractivity contribution >= 4 is 36.4 Å². The average Bonchev–Trinajstić information content (AvgIpc) is 3.13. The van der Waals surface area contributed by atoms with Crippen LogP contribution in [-0.4, -0.2) is 63.0 Å². The Morgan fingerprint density at radius 2 is 1.93 bits per heavy atom. The van der Waals surface area contributed by atoms with E-state index in [0.29, 0.717) is 26.1 Å². The summed E-state index contributed by atoms with van der Waals surface area (Å²) in [4.78, 5) is 35.0. The normalized spacial score (nSPS) is 24.7. The fourth-order valence-corrected chi connectivity index (χ4v) is 4.98. The van der Waals surface area contributed by atoms with Crippen molar-refractivity contribution in [2.75, 3.05) is 18.8 Å². The molecule has 2 heterocycles. The van der Waals surface area contributed by atoms with E-state index < -0.39 is 17.7 Å². The summed E-state index contributed by atoms with van der Waals surface area (Å²) >= 11 is 6.13. The van der Waals surface area contributed by atoms with Gasteiger partial charge in [-0.2, -0.15) is 5.48 Å². The first-order chi connectivity index (χ1) is 14.2. The van der Waals surface area contributed by atoms with Crippen LogP contribution in [-0.2, 0) is 21.0 Å². The first kappa shape index (κ1) is 23.2. The highest BCUT2D eigenvalue weighted by Crippen LogP contribution is 2.30. The molecule has 0 radical (unpaired) electrons. The van der Waals surface area contributed by atoms with Gasteiger partial charge in [-0.15, -0.1) is 24.4 Å². The molecule has 1 unspecified atom stereocenters. The smallest absolute Gasteiger partial charge is 0.411 e.